The fraction of sp³-hybridized carbons (Fsp3) is 0.526. The van der Waals surface area contributed by atoms with Gasteiger partial charge in [-0.15, -0.1) is 0 Å². The van der Waals surface area contributed by atoms with Gasteiger partial charge in [0.25, 0.3) is 0 Å². The highest BCUT2D eigenvalue weighted by atomic mass is 35.5. The van der Waals surface area contributed by atoms with E-state index in [1.54, 1.807) is 11.3 Å². The number of halogens is 1. The highest BCUT2D eigenvalue weighted by molar-refractivity contribution is 7.19. The predicted octanol–water partition coefficient (Wildman–Crippen LogP) is 4.66. The minimum absolute atomic E-state index is 0.189. The van der Waals surface area contributed by atoms with Gasteiger partial charge in [-0.3, -0.25) is 4.90 Å². The SMILES string of the molecule is CN(C1CCN(c2nc3c(s2)-c2ccc(Cl)cc2OC3)C1)C(C)(C)C. The average Bonchev–Trinajstić information content (AvgIpc) is 3.19. The zero-order valence-electron chi connectivity index (χ0n) is 15.2. The van der Waals surface area contributed by atoms with Gasteiger partial charge >= 0.3 is 0 Å². The van der Waals surface area contributed by atoms with E-state index >= 15 is 0 Å². The van der Waals surface area contributed by atoms with Crippen LogP contribution < -0.4 is 9.64 Å². The molecule has 1 aromatic heterocycles. The van der Waals surface area contributed by atoms with E-state index in [9.17, 15) is 0 Å². The first-order chi connectivity index (χ1) is 11.8. The first-order valence-electron chi connectivity index (χ1n) is 8.73. The Balaban J connectivity index is 1.58. The zero-order valence-corrected chi connectivity index (χ0v) is 16.7. The van der Waals surface area contributed by atoms with Crippen LogP contribution in [0.25, 0.3) is 10.4 Å². The Labute approximate surface area is 158 Å². The van der Waals surface area contributed by atoms with Crippen LogP contribution >= 0.6 is 22.9 Å². The van der Waals surface area contributed by atoms with Crippen LogP contribution in [0.2, 0.25) is 5.02 Å². The maximum atomic E-state index is 6.09. The van der Waals surface area contributed by atoms with Crippen molar-refractivity contribution in [1.82, 2.24) is 9.88 Å². The van der Waals surface area contributed by atoms with Crippen molar-refractivity contribution >= 4 is 28.1 Å². The molecule has 0 aliphatic carbocycles. The Morgan fingerprint density at radius 3 is 2.92 bits per heavy atom. The molecule has 3 heterocycles. The normalized spacial score (nSPS) is 19.8. The molecule has 134 valence electrons. The second-order valence-corrected chi connectivity index (χ2v) is 9.29. The van der Waals surface area contributed by atoms with Gasteiger partial charge in [-0.25, -0.2) is 4.98 Å². The zero-order chi connectivity index (χ0) is 17.8. The fourth-order valence-electron chi connectivity index (χ4n) is 3.51. The van der Waals surface area contributed by atoms with Crippen molar-refractivity contribution in [3.05, 3.63) is 28.9 Å². The molecular formula is C19H24ClN3OS. The van der Waals surface area contributed by atoms with Gasteiger partial charge in [0.2, 0.25) is 0 Å². The lowest BCUT2D eigenvalue weighted by Crippen LogP contribution is -2.46. The molecule has 0 bridgehead atoms. The van der Waals surface area contributed by atoms with E-state index in [1.165, 1.54) is 11.3 Å². The highest BCUT2D eigenvalue weighted by Crippen LogP contribution is 2.44. The summed E-state index contributed by atoms with van der Waals surface area (Å²) in [5.41, 5.74) is 2.34. The number of hydrogen-bond donors (Lipinski definition) is 0. The van der Waals surface area contributed by atoms with Crippen molar-refractivity contribution < 1.29 is 4.74 Å². The summed E-state index contributed by atoms with van der Waals surface area (Å²) in [5, 5.41) is 1.82. The van der Waals surface area contributed by atoms with Crippen LogP contribution in [0.5, 0.6) is 5.75 Å². The third kappa shape index (κ3) is 3.14. The van der Waals surface area contributed by atoms with Crippen LogP contribution in [0.4, 0.5) is 5.13 Å². The average molecular weight is 378 g/mol. The molecule has 1 unspecified atom stereocenters. The van der Waals surface area contributed by atoms with E-state index < -0.39 is 0 Å². The third-order valence-corrected chi connectivity index (χ3v) is 6.71. The monoisotopic (exact) mass is 377 g/mol. The number of benzene rings is 1. The number of fused-ring (bicyclic) bond motifs is 3. The molecule has 1 aromatic carbocycles. The molecule has 4 rings (SSSR count). The van der Waals surface area contributed by atoms with Crippen LogP contribution in [0.1, 0.15) is 32.9 Å². The van der Waals surface area contributed by atoms with Gasteiger partial charge < -0.3 is 9.64 Å². The van der Waals surface area contributed by atoms with E-state index in [0.29, 0.717) is 17.7 Å². The van der Waals surface area contributed by atoms with E-state index in [0.717, 1.165) is 35.2 Å². The molecule has 2 aliphatic heterocycles. The van der Waals surface area contributed by atoms with Crippen LogP contribution in [-0.2, 0) is 6.61 Å². The minimum Gasteiger partial charge on any atom is -0.487 e. The van der Waals surface area contributed by atoms with Gasteiger partial charge in [0.1, 0.15) is 12.4 Å². The Hall–Kier alpha value is -1.30. The number of hydrogen-bond acceptors (Lipinski definition) is 5. The summed E-state index contributed by atoms with van der Waals surface area (Å²) < 4.78 is 5.84. The molecule has 25 heavy (non-hydrogen) atoms. The molecule has 0 spiro atoms. The molecule has 1 fully saturated rings. The van der Waals surface area contributed by atoms with Crippen molar-refractivity contribution in [2.24, 2.45) is 0 Å². The molecule has 4 nitrogen and oxygen atoms in total. The summed E-state index contributed by atoms with van der Waals surface area (Å²) in [6.45, 7) is 9.45. The number of likely N-dealkylation sites (N-methyl/N-ethyl adjacent to an activating group) is 1. The van der Waals surface area contributed by atoms with Crippen molar-refractivity contribution in [1.29, 1.82) is 0 Å². The third-order valence-electron chi connectivity index (χ3n) is 5.28. The summed E-state index contributed by atoms with van der Waals surface area (Å²) in [7, 11) is 2.23. The Kier molecular flexibility index (Phi) is 4.21. The summed E-state index contributed by atoms with van der Waals surface area (Å²) in [4.78, 5) is 11.0. The quantitative estimate of drug-likeness (QED) is 0.760. The summed E-state index contributed by atoms with van der Waals surface area (Å²) in [5.74, 6) is 0.863. The van der Waals surface area contributed by atoms with Crippen LogP contribution in [0.3, 0.4) is 0 Å². The Morgan fingerprint density at radius 2 is 2.16 bits per heavy atom. The van der Waals surface area contributed by atoms with Gasteiger partial charge in [-0.2, -0.15) is 0 Å². The topological polar surface area (TPSA) is 28.6 Å². The fourth-order valence-corrected chi connectivity index (χ4v) is 4.81. The maximum absolute atomic E-state index is 6.09. The number of aromatic nitrogens is 1. The number of anilines is 1. The number of nitrogens with zero attached hydrogens (tertiary/aromatic N) is 3. The largest absolute Gasteiger partial charge is 0.487 e. The van der Waals surface area contributed by atoms with Crippen LogP contribution in [0.15, 0.2) is 18.2 Å². The minimum atomic E-state index is 0.189. The first kappa shape index (κ1) is 17.1. The van der Waals surface area contributed by atoms with Crippen LogP contribution in [0, 0.1) is 0 Å². The molecule has 6 heteroatoms. The van der Waals surface area contributed by atoms with E-state index in [4.69, 9.17) is 21.3 Å². The van der Waals surface area contributed by atoms with Crippen molar-refractivity contribution in [3.63, 3.8) is 0 Å². The first-order valence-corrected chi connectivity index (χ1v) is 9.92. The predicted molar refractivity (Wildman–Crippen MR) is 105 cm³/mol. The van der Waals surface area contributed by atoms with E-state index in [2.05, 4.69) is 37.6 Å². The Bertz CT molecular complexity index is 798. The number of rotatable bonds is 2. The van der Waals surface area contributed by atoms with Crippen molar-refractivity contribution in [2.75, 3.05) is 25.0 Å². The number of ether oxygens (including phenoxy) is 1. The lowest BCUT2D eigenvalue weighted by molar-refractivity contribution is 0.127. The van der Waals surface area contributed by atoms with Gasteiger partial charge in [-0.1, -0.05) is 22.9 Å². The maximum Gasteiger partial charge on any atom is 0.186 e. The molecule has 2 aromatic rings. The number of thiazole rings is 1. The Morgan fingerprint density at radius 1 is 1.36 bits per heavy atom. The summed E-state index contributed by atoms with van der Waals surface area (Å²) in [6.07, 6.45) is 1.18. The smallest absolute Gasteiger partial charge is 0.186 e. The molecule has 0 radical (unpaired) electrons. The van der Waals surface area contributed by atoms with E-state index in [1.807, 2.05) is 18.2 Å². The van der Waals surface area contributed by atoms with Crippen molar-refractivity contribution in [3.8, 4) is 16.2 Å². The summed E-state index contributed by atoms with van der Waals surface area (Å²) >= 11 is 7.87. The molecule has 1 saturated heterocycles. The summed E-state index contributed by atoms with van der Waals surface area (Å²) in [6, 6.07) is 6.42. The molecule has 0 amide bonds. The second kappa shape index (κ2) is 6.15. The molecule has 0 N–H and O–H groups in total. The molecule has 1 atom stereocenters. The standard InChI is InChI=1S/C19H24ClN3OS/c1-19(2,3)22(4)13-7-8-23(10-13)18-21-15-11-24-16-9-12(20)5-6-14(16)17(15)25-18/h5-6,9,13H,7-8,10-11H2,1-4H3. The molecule has 2 aliphatic rings. The van der Waals surface area contributed by atoms with E-state index in [-0.39, 0.29) is 5.54 Å². The second-order valence-electron chi connectivity index (χ2n) is 7.87. The van der Waals surface area contributed by atoms with Gasteiger partial charge in [0.15, 0.2) is 5.13 Å². The molecule has 0 saturated carbocycles. The lowest BCUT2D eigenvalue weighted by atomic mass is 10.0. The van der Waals surface area contributed by atoms with Gasteiger partial charge in [0.05, 0.1) is 10.6 Å². The van der Waals surface area contributed by atoms with Crippen LogP contribution in [-0.4, -0.2) is 41.6 Å². The van der Waals surface area contributed by atoms with Gasteiger partial charge in [-0.05, 0) is 52.4 Å². The highest BCUT2D eigenvalue weighted by Gasteiger charge is 2.33. The lowest BCUT2D eigenvalue weighted by Gasteiger charge is -2.36. The van der Waals surface area contributed by atoms with Gasteiger partial charge in [0, 0.05) is 35.3 Å². The molecular weight excluding hydrogens is 354 g/mol. The van der Waals surface area contributed by atoms with Crippen molar-refractivity contribution in [2.45, 2.75) is 45.4 Å².